The number of ketones is 3. The van der Waals surface area contributed by atoms with Crippen LogP contribution in [0.1, 0.15) is 140 Å². The number of ether oxygens (including phenoxy) is 2. The zero-order chi connectivity index (χ0) is 45.4. The third kappa shape index (κ3) is 16.6. The highest BCUT2D eigenvalue weighted by Gasteiger charge is 2.36. The molecule has 0 saturated carbocycles. The number of unbranched alkanes of at least 4 members (excludes halogenated alkanes) is 10. The molecule has 6 N–H and O–H groups in total. The third-order valence-corrected chi connectivity index (χ3v) is 11.4. The molecule has 2 amide bonds. The monoisotopic (exact) mass is 860 g/mol. The van der Waals surface area contributed by atoms with Crippen LogP contribution >= 0.6 is 0 Å². The van der Waals surface area contributed by atoms with Gasteiger partial charge in [0, 0.05) is 68.7 Å². The molecule has 0 unspecified atom stereocenters. The van der Waals surface area contributed by atoms with Crippen molar-refractivity contribution in [2.45, 2.75) is 142 Å². The Labute approximate surface area is 367 Å². The molecule has 0 saturated heterocycles. The lowest BCUT2D eigenvalue weighted by Crippen LogP contribution is -2.46. The molecule has 14 nitrogen and oxygen atoms in total. The Bertz CT molecular complexity index is 1840. The SMILES string of the molecule is CCCCCCCCCCCCCC(=O)C[C@@H](CCN)C(=O)N(C)[C@@H]1C(=O)C[C@@H](C)C(=O)N[C@H](C(=O)CCC#N)Cc2ccc(OCC(=O)O)c(c2)-c2cc1ccc2OCCN. The summed E-state index contributed by atoms with van der Waals surface area (Å²) < 4.78 is 11.8. The summed E-state index contributed by atoms with van der Waals surface area (Å²) >= 11 is 0. The largest absolute Gasteiger partial charge is 0.492 e. The molecular weight excluding hydrogens is 791 g/mol. The fourth-order valence-corrected chi connectivity index (χ4v) is 7.98. The number of nitrogens with one attached hydrogen (secondary N) is 1. The van der Waals surface area contributed by atoms with Crippen molar-refractivity contribution in [2.75, 3.05) is 33.4 Å². The van der Waals surface area contributed by atoms with Crippen LogP contribution in [-0.4, -0.2) is 84.5 Å². The van der Waals surface area contributed by atoms with E-state index in [1.807, 2.05) is 6.07 Å². The second-order valence-corrected chi connectivity index (χ2v) is 16.5. The molecule has 14 heteroatoms. The molecule has 340 valence electrons. The average Bonchev–Trinajstić information content (AvgIpc) is 3.25. The predicted molar refractivity (Wildman–Crippen MR) is 237 cm³/mol. The smallest absolute Gasteiger partial charge is 0.341 e. The molecule has 1 aliphatic heterocycles. The molecule has 2 aromatic carbocycles. The molecule has 1 aliphatic rings. The van der Waals surface area contributed by atoms with Crippen LogP contribution in [0.5, 0.6) is 11.5 Å². The molecule has 4 bridgehead atoms. The van der Waals surface area contributed by atoms with E-state index >= 15 is 0 Å². The maximum absolute atomic E-state index is 14.6. The number of Topliss-reactive ketones (excluding diaryl/α,β-unsaturated/α-hetero) is 3. The van der Waals surface area contributed by atoms with E-state index in [0.29, 0.717) is 34.4 Å². The zero-order valence-corrected chi connectivity index (χ0v) is 37.1. The number of amides is 2. The number of nitriles is 1. The second-order valence-electron chi connectivity index (χ2n) is 16.5. The fraction of sp³-hybridized carbons (Fsp3) is 0.604. The van der Waals surface area contributed by atoms with E-state index in [2.05, 4.69) is 12.2 Å². The fourth-order valence-electron chi connectivity index (χ4n) is 7.98. The molecule has 4 atom stereocenters. The number of carbonyl (C=O) groups is 6. The lowest BCUT2D eigenvalue weighted by atomic mass is 9.88. The van der Waals surface area contributed by atoms with Crippen molar-refractivity contribution in [3.63, 3.8) is 0 Å². The second kappa shape index (κ2) is 27.7. The van der Waals surface area contributed by atoms with E-state index in [1.165, 1.54) is 56.9 Å². The highest BCUT2D eigenvalue weighted by molar-refractivity contribution is 5.96. The number of benzene rings is 2. The summed E-state index contributed by atoms with van der Waals surface area (Å²) in [6, 6.07) is 9.56. The van der Waals surface area contributed by atoms with Gasteiger partial charge >= 0.3 is 5.97 Å². The standard InChI is InChI=1S/C48H69N5O9/c1-4-5-6-7-8-9-10-11-12-13-14-16-37(54)30-36(22-24-50)48(60)53(3)46-35-19-21-43(61-26-25-51)39(31-35)38-28-34(18-20-44(38)62-32-45(57)58)29-40(41(55)17-15-23-49)52-47(59)33(2)27-42(46)56/h18-21,28,31,33,36,40,46H,4-17,22,24-27,29-30,32,50-51H2,1-3H3,(H,52,59)(H,57,58)/t33-,36-,40+,46+/m1/s1. The molecule has 0 fully saturated rings. The topological polar surface area (TPSA) is 232 Å². The van der Waals surface area contributed by atoms with Crippen LogP contribution in [0, 0.1) is 23.2 Å². The Morgan fingerprint density at radius 1 is 0.871 bits per heavy atom. The lowest BCUT2D eigenvalue weighted by Gasteiger charge is -2.32. The Morgan fingerprint density at radius 3 is 2.13 bits per heavy atom. The molecule has 0 aromatic heterocycles. The number of hydrogen-bond donors (Lipinski definition) is 4. The summed E-state index contributed by atoms with van der Waals surface area (Å²) in [5.74, 6) is -4.30. The molecule has 0 aliphatic carbocycles. The van der Waals surface area contributed by atoms with E-state index in [-0.39, 0.29) is 75.5 Å². The maximum atomic E-state index is 14.6. The summed E-state index contributed by atoms with van der Waals surface area (Å²) in [5.41, 5.74) is 13.5. The number of likely N-dealkylation sites (N-methyl/N-ethyl adjacent to an activating group) is 1. The van der Waals surface area contributed by atoms with Gasteiger partial charge in [-0.2, -0.15) is 5.26 Å². The van der Waals surface area contributed by atoms with Gasteiger partial charge in [0.05, 0.1) is 12.1 Å². The Morgan fingerprint density at radius 2 is 1.50 bits per heavy atom. The molecular formula is C48H69N5O9. The molecule has 62 heavy (non-hydrogen) atoms. The molecule has 1 heterocycles. The first-order valence-corrected chi connectivity index (χ1v) is 22.5. The number of fused-ring (bicyclic) bond motifs is 5. The van der Waals surface area contributed by atoms with Gasteiger partial charge in [-0.25, -0.2) is 4.79 Å². The van der Waals surface area contributed by atoms with Gasteiger partial charge in [-0.3, -0.25) is 24.0 Å². The maximum Gasteiger partial charge on any atom is 0.341 e. The summed E-state index contributed by atoms with van der Waals surface area (Å²) in [7, 11) is 1.50. The predicted octanol–water partition coefficient (Wildman–Crippen LogP) is 6.79. The summed E-state index contributed by atoms with van der Waals surface area (Å²) in [4.78, 5) is 82.4. The van der Waals surface area contributed by atoms with Crippen LogP contribution in [0.2, 0.25) is 0 Å². The first kappa shape index (κ1) is 51.2. The van der Waals surface area contributed by atoms with Gasteiger partial charge in [-0.1, -0.05) is 90.2 Å². The summed E-state index contributed by atoms with van der Waals surface area (Å²) in [6.45, 7) is 3.55. The van der Waals surface area contributed by atoms with Gasteiger partial charge in [0.25, 0.3) is 0 Å². The number of carbonyl (C=O) groups excluding carboxylic acids is 5. The van der Waals surface area contributed by atoms with Crippen LogP contribution in [0.4, 0.5) is 0 Å². The Kier molecular flexibility index (Phi) is 22.9. The van der Waals surface area contributed by atoms with Gasteiger partial charge < -0.3 is 36.3 Å². The van der Waals surface area contributed by atoms with E-state index in [1.54, 1.807) is 43.3 Å². The van der Waals surface area contributed by atoms with Crippen molar-refractivity contribution >= 4 is 35.1 Å². The highest BCUT2D eigenvalue weighted by Crippen LogP contribution is 2.41. The number of rotatable bonds is 27. The quantitative estimate of drug-likeness (QED) is 0.0681. The minimum atomic E-state index is -1.23. The lowest BCUT2D eigenvalue weighted by molar-refractivity contribution is -0.143. The number of hydrogen-bond acceptors (Lipinski definition) is 11. The van der Waals surface area contributed by atoms with Gasteiger partial charge in [-0.05, 0) is 61.2 Å². The van der Waals surface area contributed by atoms with E-state index in [9.17, 15) is 39.1 Å². The number of nitrogens with two attached hydrogens (primary N) is 2. The molecule has 0 radical (unpaired) electrons. The number of carboxylic acids is 1. The Hall–Kier alpha value is -5.13. The van der Waals surface area contributed by atoms with Crippen molar-refractivity contribution < 1.29 is 43.3 Å². The van der Waals surface area contributed by atoms with Crippen LogP contribution < -0.4 is 26.3 Å². The zero-order valence-electron chi connectivity index (χ0n) is 37.1. The number of nitrogens with zero attached hydrogens (tertiary/aromatic N) is 2. The van der Waals surface area contributed by atoms with Gasteiger partial charge in [0.2, 0.25) is 11.8 Å². The highest BCUT2D eigenvalue weighted by atomic mass is 16.5. The average molecular weight is 860 g/mol. The number of carboxylic acid groups (broad SMARTS) is 1. The minimum absolute atomic E-state index is 0.0206. The normalized spacial score (nSPS) is 16.9. The minimum Gasteiger partial charge on any atom is -0.492 e. The van der Waals surface area contributed by atoms with Crippen molar-refractivity contribution in [2.24, 2.45) is 23.3 Å². The number of aliphatic carboxylic acids is 1. The van der Waals surface area contributed by atoms with Crippen molar-refractivity contribution in [3.05, 3.63) is 47.5 Å². The molecule has 2 aromatic rings. The van der Waals surface area contributed by atoms with E-state index in [4.69, 9.17) is 20.9 Å². The Balaban J connectivity index is 2.00. The molecule has 3 rings (SSSR count). The van der Waals surface area contributed by atoms with Crippen LogP contribution in [0.25, 0.3) is 11.1 Å². The van der Waals surface area contributed by atoms with E-state index < -0.39 is 54.1 Å². The van der Waals surface area contributed by atoms with Crippen molar-refractivity contribution in [1.82, 2.24) is 10.2 Å². The van der Waals surface area contributed by atoms with Crippen LogP contribution in [0.15, 0.2) is 36.4 Å². The third-order valence-electron chi connectivity index (χ3n) is 11.4. The summed E-state index contributed by atoms with van der Waals surface area (Å²) in [6.07, 6.45) is 12.8. The molecule has 0 spiro atoms. The first-order chi connectivity index (χ1) is 29.8. The van der Waals surface area contributed by atoms with Crippen molar-refractivity contribution in [1.29, 1.82) is 5.26 Å². The van der Waals surface area contributed by atoms with Gasteiger partial charge in [0.1, 0.15) is 29.9 Å². The van der Waals surface area contributed by atoms with E-state index in [0.717, 1.165) is 25.7 Å². The summed E-state index contributed by atoms with van der Waals surface area (Å²) in [5, 5.41) is 21.5. The van der Waals surface area contributed by atoms with Gasteiger partial charge in [-0.15, -0.1) is 0 Å². The van der Waals surface area contributed by atoms with Crippen LogP contribution in [-0.2, 0) is 35.2 Å². The van der Waals surface area contributed by atoms with Crippen molar-refractivity contribution in [3.8, 4) is 28.7 Å². The first-order valence-electron chi connectivity index (χ1n) is 22.5. The van der Waals surface area contributed by atoms with Gasteiger partial charge in [0.15, 0.2) is 18.2 Å². The van der Waals surface area contributed by atoms with Crippen LogP contribution in [0.3, 0.4) is 0 Å².